The van der Waals surface area contributed by atoms with Crippen molar-refractivity contribution in [2.24, 2.45) is 5.92 Å². The molecule has 1 atom stereocenters. The molecule has 0 saturated heterocycles. The lowest BCUT2D eigenvalue weighted by molar-refractivity contribution is 0.0370. The normalized spacial score (nSPS) is 18.8. The summed E-state index contributed by atoms with van der Waals surface area (Å²) >= 11 is 1.64. The van der Waals surface area contributed by atoms with E-state index in [1.165, 1.54) is 23.3 Å². The number of amides is 1. The number of thiophene rings is 1. The lowest BCUT2D eigenvalue weighted by Gasteiger charge is -2.25. The number of aryl methyl sites for hydroxylation is 1. The van der Waals surface area contributed by atoms with Gasteiger partial charge >= 0.3 is 0 Å². The van der Waals surface area contributed by atoms with E-state index in [0.29, 0.717) is 6.54 Å². The van der Waals surface area contributed by atoms with Crippen molar-refractivity contribution >= 4 is 17.2 Å². The Morgan fingerprint density at radius 1 is 1.55 bits per heavy atom. The van der Waals surface area contributed by atoms with Crippen molar-refractivity contribution in [1.82, 2.24) is 4.90 Å². The first-order valence-electron chi connectivity index (χ1n) is 7.39. The first kappa shape index (κ1) is 15.5. The van der Waals surface area contributed by atoms with Crippen molar-refractivity contribution in [3.8, 4) is 0 Å². The summed E-state index contributed by atoms with van der Waals surface area (Å²) in [5.74, 6) is 0.800. The summed E-state index contributed by atoms with van der Waals surface area (Å²) in [7, 11) is 1.76. The number of nitrogens with zero attached hydrogens (tertiary/aromatic N) is 1. The van der Waals surface area contributed by atoms with Crippen LogP contribution in [-0.2, 0) is 12.8 Å². The van der Waals surface area contributed by atoms with E-state index in [9.17, 15) is 9.90 Å². The topological polar surface area (TPSA) is 40.5 Å². The molecule has 0 radical (unpaired) electrons. The van der Waals surface area contributed by atoms with E-state index in [0.717, 1.165) is 23.6 Å². The Morgan fingerprint density at radius 3 is 2.85 bits per heavy atom. The van der Waals surface area contributed by atoms with E-state index < -0.39 is 5.60 Å². The molecule has 4 heteroatoms. The zero-order valence-corrected chi connectivity index (χ0v) is 13.7. The molecular formula is C16H25NO2S. The van der Waals surface area contributed by atoms with Gasteiger partial charge in [0.15, 0.2) is 0 Å². The molecule has 1 aromatic heterocycles. The van der Waals surface area contributed by atoms with Crippen LogP contribution >= 0.6 is 11.3 Å². The van der Waals surface area contributed by atoms with Gasteiger partial charge in [0.25, 0.3) is 5.91 Å². The number of rotatable bonds is 4. The average molecular weight is 295 g/mol. The van der Waals surface area contributed by atoms with Gasteiger partial charge in [0, 0.05) is 18.5 Å². The first-order chi connectivity index (χ1) is 9.30. The van der Waals surface area contributed by atoms with E-state index in [1.54, 1.807) is 37.1 Å². The quantitative estimate of drug-likeness (QED) is 0.927. The third-order valence-electron chi connectivity index (χ3n) is 3.94. The molecule has 0 fully saturated rings. The summed E-state index contributed by atoms with van der Waals surface area (Å²) in [6.07, 6.45) is 4.69. The number of hydrogen-bond donors (Lipinski definition) is 1. The Hall–Kier alpha value is -0.870. The van der Waals surface area contributed by atoms with Crippen molar-refractivity contribution in [2.75, 3.05) is 13.6 Å². The van der Waals surface area contributed by atoms with E-state index in [2.05, 4.69) is 13.0 Å². The number of carbonyl (C=O) groups is 1. The summed E-state index contributed by atoms with van der Waals surface area (Å²) in [6, 6.07) is 2.07. The van der Waals surface area contributed by atoms with E-state index >= 15 is 0 Å². The van der Waals surface area contributed by atoms with Crippen LogP contribution in [0.15, 0.2) is 6.07 Å². The largest absolute Gasteiger partial charge is 0.389 e. The molecule has 0 bridgehead atoms. The van der Waals surface area contributed by atoms with Gasteiger partial charge in [-0.3, -0.25) is 4.79 Å². The maximum atomic E-state index is 12.4. The second-order valence-corrected chi connectivity index (χ2v) is 7.69. The highest BCUT2D eigenvalue weighted by Gasteiger charge is 2.25. The van der Waals surface area contributed by atoms with Gasteiger partial charge in [0.2, 0.25) is 0 Å². The number of fused-ring (bicyclic) bond motifs is 1. The van der Waals surface area contributed by atoms with Gasteiger partial charge < -0.3 is 10.0 Å². The predicted octanol–water partition coefficient (Wildman–Crippen LogP) is 3.11. The number of carbonyl (C=O) groups excluding carboxylic acids is 1. The highest BCUT2D eigenvalue weighted by Crippen LogP contribution is 2.34. The minimum atomic E-state index is -0.853. The standard InChI is InChI=1S/C16H25NO2S/c1-5-11-6-7-13-12(8-11)9-14(20-13)15(18)17(4)10-16(2,3)19/h9,11,19H,5-8,10H2,1-4H3. The van der Waals surface area contributed by atoms with Gasteiger partial charge in [-0.2, -0.15) is 0 Å². The molecule has 112 valence electrons. The van der Waals surface area contributed by atoms with Crippen molar-refractivity contribution in [1.29, 1.82) is 0 Å². The van der Waals surface area contributed by atoms with Gasteiger partial charge in [0.1, 0.15) is 0 Å². The molecule has 1 aliphatic carbocycles. The van der Waals surface area contributed by atoms with Gasteiger partial charge in [-0.05, 0) is 50.7 Å². The fraction of sp³-hybridized carbons (Fsp3) is 0.688. The molecule has 0 spiro atoms. The second-order valence-electron chi connectivity index (χ2n) is 6.55. The summed E-state index contributed by atoms with van der Waals surface area (Å²) < 4.78 is 0. The minimum Gasteiger partial charge on any atom is -0.389 e. The fourth-order valence-corrected chi connectivity index (χ4v) is 4.10. The Bertz CT molecular complexity index is 487. The maximum absolute atomic E-state index is 12.4. The van der Waals surface area contributed by atoms with Crippen LogP contribution in [-0.4, -0.2) is 35.1 Å². The zero-order chi connectivity index (χ0) is 14.9. The molecule has 1 N–H and O–H groups in total. The van der Waals surface area contributed by atoms with Crippen LogP contribution in [0.2, 0.25) is 0 Å². The third-order valence-corrected chi connectivity index (χ3v) is 5.17. The van der Waals surface area contributed by atoms with Crippen molar-refractivity contribution < 1.29 is 9.90 Å². The van der Waals surface area contributed by atoms with E-state index in [-0.39, 0.29) is 5.91 Å². The highest BCUT2D eigenvalue weighted by atomic mass is 32.1. The molecule has 3 nitrogen and oxygen atoms in total. The lowest BCUT2D eigenvalue weighted by Crippen LogP contribution is -2.39. The van der Waals surface area contributed by atoms with Crippen molar-refractivity contribution in [2.45, 2.75) is 52.1 Å². The van der Waals surface area contributed by atoms with Gasteiger partial charge in [-0.15, -0.1) is 11.3 Å². The third kappa shape index (κ3) is 3.61. The van der Waals surface area contributed by atoms with Gasteiger partial charge in [0.05, 0.1) is 10.5 Å². The SMILES string of the molecule is CCC1CCc2sc(C(=O)N(C)CC(C)(C)O)cc2C1. The van der Waals surface area contributed by atoms with Crippen LogP contribution in [0.4, 0.5) is 0 Å². The smallest absolute Gasteiger partial charge is 0.263 e. The van der Waals surface area contributed by atoms with Crippen LogP contribution in [0.3, 0.4) is 0 Å². The average Bonchev–Trinajstić information content (AvgIpc) is 2.78. The summed E-state index contributed by atoms with van der Waals surface area (Å²) in [6.45, 7) is 6.04. The zero-order valence-electron chi connectivity index (χ0n) is 12.9. The molecule has 0 aliphatic heterocycles. The number of hydrogen-bond acceptors (Lipinski definition) is 3. The molecule has 1 aromatic rings. The van der Waals surface area contributed by atoms with Gasteiger partial charge in [-0.25, -0.2) is 0 Å². The molecule has 1 aliphatic rings. The van der Waals surface area contributed by atoms with Crippen LogP contribution in [0.25, 0.3) is 0 Å². The molecule has 0 aromatic carbocycles. The van der Waals surface area contributed by atoms with E-state index in [1.807, 2.05) is 0 Å². The fourth-order valence-electron chi connectivity index (χ4n) is 2.89. The van der Waals surface area contributed by atoms with Crippen molar-refractivity contribution in [3.63, 3.8) is 0 Å². The van der Waals surface area contributed by atoms with Crippen LogP contribution in [0.5, 0.6) is 0 Å². The maximum Gasteiger partial charge on any atom is 0.263 e. The Kier molecular flexibility index (Phi) is 4.55. The van der Waals surface area contributed by atoms with Crippen LogP contribution in [0, 0.1) is 5.92 Å². The molecular weight excluding hydrogens is 270 g/mol. The summed E-state index contributed by atoms with van der Waals surface area (Å²) in [4.78, 5) is 16.2. The van der Waals surface area contributed by atoms with Crippen LogP contribution in [0.1, 0.15) is 53.7 Å². The predicted molar refractivity (Wildman–Crippen MR) is 83.4 cm³/mol. The molecule has 20 heavy (non-hydrogen) atoms. The Morgan fingerprint density at radius 2 is 2.25 bits per heavy atom. The van der Waals surface area contributed by atoms with E-state index in [4.69, 9.17) is 0 Å². The lowest BCUT2D eigenvalue weighted by atomic mass is 9.87. The number of aliphatic hydroxyl groups is 1. The first-order valence-corrected chi connectivity index (χ1v) is 8.21. The molecule has 1 unspecified atom stereocenters. The van der Waals surface area contributed by atoms with Gasteiger partial charge in [-0.1, -0.05) is 13.3 Å². The highest BCUT2D eigenvalue weighted by molar-refractivity contribution is 7.14. The van der Waals surface area contributed by atoms with Crippen molar-refractivity contribution in [3.05, 3.63) is 21.4 Å². The summed E-state index contributed by atoms with van der Waals surface area (Å²) in [5, 5.41) is 9.82. The monoisotopic (exact) mass is 295 g/mol. The summed E-state index contributed by atoms with van der Waals surface area (Å²) in [5.41, 5.74) is 0.516. The minimum absolute atomic E-state index is 0.0274. The molecule has 0 saturated carbocycles. The number of likely N-dealkylation sites (N-methyl/N-ethyl adjacent to an activating group) is 1. The molecule has 1 heterocycles. The Labute approximate surface area is 125 Å². The second kappa shape index (κ2) is 5.86. The molecule has 1 amide bonds. The van der Waals surface area contributed by atoms with Crippen LogP contribution < -0.4 is 0 Å². The molecule has 2 rings (SSSR count). The Balaban J connectivity index is 2.10.